The standard InChI is InChI=1S/C13H17NO5S/c1-14(5-4-11(15)16)8-9(7-12(17)18)13(19)10-3-2-6-20-10/h2-3,6,9H,4-5,7-8H2,1H3,(H,15,16)(H,17,18). The van der Waals surface area contributed by atoms with E-state index in [4.69, 9.17) is 10.2 Å². The third-order valence-electron chi connectivity index (χ3n) is 2.80. The van der Waals surface area contributed by atoms with Gasteiger partial charge in [0.15, 0.2) is 5.78 Å². The number of hydrogen-bond donors (Lipinski definition) is 2. The van der Waals surface area contributed by atoms with Crippen molar-refractivity contribution in [1.82, 2.24) is 4.90 Å². The van der Waals surface area contributed by atoms with Crippen LogP contribution in [-0.2, 0) is 9.59 Å². The zero-order chi connectivity index (χ0) is 15.1. The SMILES string of the molecule is CN(CCC(=O)O)CC(CC(=O)O)C(=O)c1cccs1. The highest BCUT2D eigenvalue weighted by Crippen LogP contribution is 2.18. The zero-order valence-corrected chi connectivity index (χ0v) is 11.9. The van der Waals surface area contributed by atoms with E-state index < -0.39 is 17.9 Å². The average Bonchev–Trinajstić information content (AvgIpc) is 2.88. The fraction of sp³-hybridized carbons (Fsp3) is 0.462. The van der Waals surface area contributed by atoms with Gasteiger partial charge in [0.1, 0.15) is 0 Å². The minimum Gasteiger partial charge on any atom is -0.481 e. The third-order valence-corrected chi connectivity index (χ3v) is 3.68. The lowest BCUT2D eigenvalue weighted by molar-refractivity contribution is -0.139. The van der Waals surface area contributed by atoms with E-state index in [-0.39, 0.29) is 31.7 Å². The molecule has 20 heavy (non-hydrogen) atoms. The lowest BCUT2D eigenvalue weighted by Gasteiger charge is -2.21. The Kier molecular flexibility index (Phi) is 6.33. The topological polar surface area (TPSA) is 94.9 Å². The number of aliphatic carboxylic acids is 2. The van der Waals surface area contributed by atoms with E-state index in [0.29, 0.717) is 4.88 Å². The Labute approximate surface area is 120 Å². The average molecular weight is 299 g/mol. The maximum absolute atomic E-state index is 12.2. The molecule has 110 valence electrons. The van der Waals surface area contributed by atoms with Crippen LogP contribution in [0.5, 0.6) is 0 Å². The number of ketones is 1. The Morgan fingerprint density at radius 2 is 2.00 bits per heavy atom. The number of carboxylic acids is 2. The highest BCUT2D eigenvalue weighted by Gasteiger charge is 2.25. The van der Waals surface area contributed by atoms with Gasteiger partial charge in [0.05, 0.1) is 17.7 Å². The van der Waals surface area contributed by atoms with Gasteiger partial charge in [0.25, 0.3) is 0 Å². The van der Waals surface area contributed by atoms with E-state index in [1.54, 1.807) is 29.5 Å². The summed E-state index contributed by atoms with van der Waals surface area (Å²) >= 11 is 1.28. The summed E-state index contributed by atoms with van der Waals surface area (Å²) in [5.41, 5.74) is 0. The number of hydrogen-bond acceptors (Lipinski definition) is 5. The van der Waals surface area contributed by atoms with E-state index in [2.05, 4.69) is 0 Å². The van der Waals surface area contributed by atoms with Crippen LogP contribution in [0, 0.1) is 5.92 Å². The Balaban J connectivity index is 2.66. The van der Waals surface area contributed by atoms with Crippen LogP contribution >= 0.6 is 11.3 Å². The van der Waals surface area contributed by atoms with Gasteiger partial charge >= 0.3 is 11.9 Å². The Morgan fingerprint density at radius 3 is 2.50 bits per heavy atom. The van der Waals surface area contributed by atoms with Crippen molar-refractivity contribution in [2.24, 2.45) is 5.92 Å². The molecule has 0 amide bonds. The molecule has 0 aromatic carbocycles. The molecule has 0 aliphatic heterocycles. The molecule has 1 aromatic heterocycles. The van der Waals surface area contributed by atoms with E-state index >= 15 is 0 Å². The minimum atomic E-state index is -1.04. The number of Topliss-reactive ketones (excluding diaryl/α,β-unsaturated/α-hetero) is 1. The fourth-order valence-electron chi connectivity index (χ4n) is 1.82. The fourth-order valence-corrected chi connectivity index (χ4v) is 2.57. The van der Waals surface area contributed by atoms with Gasteiger partial charge in [-0.1, -0.05) is 6.07 Å². The molecule has 2 N–H and O–H groups in total. The maximum atomic E-state index is 12.2. The number of nitrogens with zero attached hydrogens (tertiary/aromatic N) is 1. The lowest BCUT2D eigenvalue weighted by atomic mass is 9.98. The van der Waals surface area contributed by atoms with Crippen LogP contribution < -0.4 is 0 Å². The molecule has 1 heterocycles. The summed E-state index contributed by atoms with van der Waals surface area (Å²) < 4.78 is 0. The van der Waals surface area contributed by atoms with Crippen molar-refractivity contribution >= 4 is 29.1 Å². The van der Waals surface area contributed by atoms with Crippen LogP contribution in [0.4, 0.5) is 0 Å². The summed E-state index contributed by atoms with van der Waals surface area (Å²) in [6.45, 7) is 0.513. The lowest BCUT2D eigenvalue weighted by Crippen LogP contribution is -2.33. The van der Waals surface area contributed by atoms with Gasteiger partial charge in [-0.15, -0.1) is 11.3 Å². The first-order chi connectivity index (χ1) is 9.40. The second-order valence-corrected chi connectivity index (χ2v) is 5.49. The van der Waals surface area contributed by atoms with Crippen LogP contribution in [0.2, 0.25) is 0 Å². The van der Waals surface area contributed by atoms with Gasteiger partial charge < -0.3 is 15.1 Å². The normalized spacial score (nSPS) is 12.3. The van der Waals surface area contributed by atoms with Gasteiger partial charge in [-0.2, -0.15) is 0 Å². The van der Waals surface area contributed by atoms with E-state index in [0.717, 1.165) is 0 Å². The molecule has 0 bridgehead atoms. The number of rotatable bonds is 9. The Hall–Kier alpha value is -1.73. The van der Waals surface area contributed by atoms with Crippen molar-refractivity contribution in [2.45, 2.75) is 12.8 Å². The van der Waals surface area contributed by atoms with Crippen molar-refractivity contribution in [2.75, 3.05) is 20.1 Å². The second kappa shape index (κ2) is 7.76. The molecule has 1 rings (SSSR count). The smallest absolute Gasteiger partial charge is 0.304 e. The number of carbonyl (C=O) groups is 3. The van der Waals surface area contributed by atoms with Crippen LogP contribution in [-0.4, -0.2) is 53.0 Å². The van der Waals surface area contributed by atoms with E-state index in [1.165, 1.54) is 11.3 Å². The molecule has 6 nitrogen and oxygen atoms in total. The Morgan fingerprint density at radius 1 is 1.30 bits per heavy atom. The first-order valence-corrected chi connectivity index (χ1v) is 6.98. The predicted molar refractivity (Wildman–Crippen MR) is 74.1 cm³/mol. The molecule has 1 unspecified atom stereocenters. The van der Waals surface area contributed by atoms with Crippen molar-refractivity contribution in [3.63, 3.8) is 0 Å². The van der Waals surface area contributed by atoms with Gasteiger partial charge in [0, 0.05) is 19.0 Å². The van der Waals surface area contributed by atoms with E-state index in [9.17, 15) is 14.4 Å². The van der Waals surface area contributed by atoms with Crippen molar-refractivity contribution in [3.05, 3.63) is 22.4 Å². The highest BCUT2D eigenvalue weighted by molar-refractivity contribution is 7.12. The summed E-state index contributed by atoms with van der Waals surface area (Å²) in [5, 5.41) is 19.3. The molecule has 0 aliphatic carbocycles. The summed E-state index contributed by atoms with van der Waals surface area (Å²) in [6.07, 6.45) is -0.294. The van der Waals surface area contributed by atoms with Crippen LogP contribution in [0.25, 0.3) is 0 Å². The maximum Gasteiger partial charge on any atom is 0.304 e. The highest BCUT2D eigenvalue weighted by atomic mass is 32.1. The van der Waals surface area contributed by atoms with Crippen LogP contribution in [0.1, 0.15) is 22.5 Å². The van der Waals surface area contributed by atoms with Gasteiger partial charge in [0.2, 0.25) is 0 Å². The molecule has 7 heteroatoms. The van der Waals surface area contributed by atoms with Gasteiger partial charge in [-0.25, -0.2) is 0 Å². The number of carboxylic acid groups (broad SMARTS) is 2. The van der Waals surface area contributed by atoms with Gasteiger partial charge in [-0.05, 0) is 18.5 Å². The molecule has 0 radical (unpaired) electrons. The molecule has 0 fully saturated rings. The molecule has 1 atom stereocenters. The molecular formula is C13H17NO5S. The van der Waals surface area contributed by atoms with Crippen LogP contribution in [0.3, 0.4) is 0 Å². The van der Waals surface area contributed by atoms with E-state index in [1.807, 2.05) is 0 Å². The van der Waals surface area contributed by atoms with Gasteiger partial charge in [-0.3, -0.25) is 14.4 Å². The van der Waals surface area contributed by atoms with Crippen molar-refractivity contribution in [1.29, 1.82) is 0 Å². The molecule has 0 aliphatic rings. The van der Waals surface area contributed by atoms with Crippen LogP contribution in [0.15, 0.2) is 17.5 Å². The quantitative estimate of drug-likeness (QED) is 0.670. The number of thiophene rings is 1. The predicted octanol–water partition coefficient (Wildman–Crippen LogP) is 1.43. The molecule has 0 saturated heterocycles. The third kappa shape index (κ3) is 5.50. The number of carbonyl (C=O) groups excluding carboxylic acids is 1. The molecule has 0 spiro atoms. The van der Waals surface area contributed by atoms with Crippen molar-refractivity contribution in [3.8, 4) is 0 Å². The summed E-state index contributed by atoms with van der Waals surface area (Å²) in [7, 11) is 1.68. The largest absolute Gasteiger partial charge is 0.481 e. The first kappa shape index (κ1) is 16.3. The first-order valence-electron chi connectivity index (χ1n) is 6.10. The monoisotopic (exact) mass is 299 g/mol. The summed E-state index contributed by atoms with van der Waals surface area (Å²) in [6, 6.07) is 3.41. The van der Waals surface area contributed by atoms with Crippen molar-refractivity contribution < 1.29 is 24.6 Å². The summed E-state index contributed by atoms with van der Waals surface area (Å²) in [4.78, 5) is 35.8. The second-order valence-electron chi connectivity index (χ2n) is 4.54. The minimum absolute atomic E-state index is 0.0382. The zero-order valence-electron chi connectivity index (χ0n) is 11.1. The molecular weight excluding hydrogens is 282 g/mol. The molecule has 0 saturated carbocycles. The molecule has 1 aromatic rings. The summed E-state index contributed by atoms with van der Waals surface area (Å²) in [5.74, 6) is -2.82. The Bertz CT molecular complexity index is 471.